The number of halogens is 1. The van der Waals surface area contributed by atoms with Gasteiger partial charge in [-0.1, -0.05) is 95.4 Å². The molecule has 1 aromatic carbocycles. The van der Waals surface area contributed by atoms with Crippen molar-refractivity contribution in [1.82, 2.24) is 0 Å². The van der Waals surface area contributed by atoms with Crippen molar-refractivity contribution < 1.29 is 4.39 Å². The largest absolute Gasteiger partial charge is 0.246 e. The number of rotatable bonds is 10. The van der Waals surface area contributed by atoms with Crippen molar-refractivity contribution in [2.45, 2.75) is 135 Å². The van der Waals surface area contributed by atoms with Gasteiger partial charge in [0.25, 0.3) is 0 Å². The molecule has 3 fully saturated rings. The van der Waals surface area contributed by atoms with E-state index in [-0.39, 0.29) is 6.67 Å². The van der Waals surface area contributed by atoms with Gasteiger partial charge in [0, 0.05) is 0 Å². The van der Waals surface area contributed by atoms with Crippen LogP contribution in [0.15, 0.2) is 24.3 Å². The molecular formula is C32H51F. The first-order valence-corrected chi connectivity index (χ1v) is 14.9. The lowest BCUT2D eigenvalue weighted by Gasteiger charge is -2.38. The van der Waals surface area contributed by atoms with Crippen LogP contribution in [0.1, 0.15) is 140 Å². The van der Waals surface area contributed by atoms with Gasteiger partial charge in [0.1, 0.15) is 6.67 Å². The molecule has 0 amide bonds. The Morgan fingerprint density at radius 1 is 0.606 bits per heavy atom. The van der Waals surface area contributed by atoms with Crippen LogP contribution in [0.5, 0.6) is 0 Å². The van der Waals surface area contributed by atoms with Crippen molar-refractivity contribution in [1.29, 1.82) is 0 Å². The standard InChI is InChI=1S/C32H51F/c1-2-3-4-5-25-8-16-29(17-9-25)30-18-10-26(11-19-30)6-7-27-12-20-31(21-13-27)32-22-14-28(24-33)15-23-32/h14-15,22-23,25-27,29-31H,2-13,16-21,24H2,1H3/t25-,26-,27-,29-,30-,31-. The molecule has 0 N–H and O–H groups in total. The van der Waals surface area contributed by atoms with Gasteiger partial charge in [0.15, 0.2) is 0 Å². The summed E-state index contributed by atoms with van der Waals surface area (Å²) in [4.78, 5) is 0. The van der Waals surface area contributed by atoms with Crippen LogP contribution in [-0.2, 0) is 6.67 Å². The van der Waals surface area contributed by atoms with E-state index in [1.165, 1.54) is 108 Å². The normalized spacial score (nSPS) is 33.2. The van der Waals surface area contributed by atoms with Crippen LogP contribution < -0.4 is 0 Å². The van der Waals surface area contributed by atoms with Crippen LogP contribution in [0, 0.1) is 29.6 Å². The maximum atomic E-state index is 12.8. The summed E-state index contributed by atoms with van der Waals surface area (Å²) in [6, 6.07) is 8.32. The van der Waals surface area contributed by atoms with E-state index in [0.717, 1.165) is 35.2 Å². The number of hydrogen-bond acceptors (Lipinski definition) is 0. The highest BCUT2D eigenvalue weighted by Crippen LogP contribution is 2.44. The fourth-order valence-electron chi connectivity index (χ4n) is 7.71. The molecule has 1 aromatic rings. The first kappa shape index (κ1) is 25.2. The lowest BCUT2D eigenvalue weighted by atomic mass is 9.67. The van der Waals surface area contributed by atoms with E-state index in [9.17, 15) is 4.39 Å². The van der Waals surface area contributed by atoms with Gasteiger partial charge in [-0.3, -0.25) is 0 Å². The number of alkyl halides is 1. The van der Waals surface area contributed by atoms with Crippen LogP contribution in [0.3, 0.4) is 0 Å². The second-order valence-corrected chi connectivity index (χ2v) is 12.2. The molecule has 0 unspecified atom stereocenters. The molecular weight excluding hydrogens is 403 g/mol. The monoisotopic (exact) mass is 454 g/mol. The van der Waals surface area contributed by atoms with E-state index in [4.69, 9.17) is 0 Å². The number of hydrogen-bond donors (Lipinski definition) is 0. The molecule has 0 nitrogen and oxygen atoms in total. The topological polar surface area (TPSA) is 0 Å². The summed E-state index contributed by atoms with van der Waals surface area (Å²) < 4.78 is 12.8. The average molecular weight is 455 g/mol. The molecule has 3 saturated carbocycles. The SMILES string of the molecule is CCCCC[C@H]1CC[C@H]([C@H]2CC[C@H](CC[C@H]3CC[C@H](c4ccc(CF)cc4)CC3)CC2)CC1. The van der Waals surface area contributed by atoms with Crippen molar-refractivity contribution in [3.8, 4) is 0 Å². The Bertz CT molecular complexity index is 640. The van der Waals surface area contributed by atoms with Crippen LogP contribution >= 0.6 is 0 Å². The molecule has 186 valence electrons. The van der Waals surface area contributed by atoms with E-state index in [1.54, 1.807) is 12.8 Å². The summed E-state index contributed by atoms with van der Waals surface area (Å²) >= 11 is 0. The third kappa shape index (κ3) is 7.57. The average Bonchev–Trinajstić information content (AvgIpc) is 2.89. The molecule has 0 bridgehead atoms. The summed E-state index contributed by atoms with van der Waals surface area (Å²) in [5, 5.41) is 0. The minimum Gasteiger partial charge on any atom is -0.246 e. The summed E-state index contributed by atoms with van der Waals surface area (Å²) in [7, 11) is 0. The molecule has 0 radical (unpaired) electrons. The fourth-order valence-corrected chi connectivity index (χ4v) is 7.71. The molecule has 0 spiro atoms. The van der Waals surface area contributed by atoms with Gasteiger partial charge in [-0.05, 0) is 98.0 Å². The van der Waals surface area contributed by atoms with Crippen molar-refractivity contribution in [2.24, 2.45) is 29.6 Å². The van der Waals surface area contributed by atoms with Gasteiger partial charge in [-0.2, -0.15) is 0 Å². The number of benzene rings is 1. The minimum absolute atomic E-state index is 0.338. The lowest BCUT2D eigenvalue weighted by Crippen LogP contribution is -2.26. The predicted octanol–water partition coefficient (Wildman–Crippen LogP) is 10.4. The summed E-state index contributed by atoms with van der Waals surface area (Å²) in [6.07, 6.45) is 26.6. The van der Waals surface area contributed by atoms with Crippen molar-refractivity contribution in [2.75, 3.05) is 0 Å². The third-order valence-electron chi connectivity index (χ3n) is 10.1. The predicted molar refractivity (Wildman–Crippen MR) is 140 cm³/mol. The molecule has 4 rings (SSSR count). The molecule has 3 aliphatic rings. The molecule has 0 aromatic heterocycles. The first-order valence-electron chi connectivity index (χ1n) is 14.9. The van der Waals surface area contributed by atoms with Gasteiger partial charge in [0.2, 0.25) is 0 Å². The van der Waals surface area contributed by atoms with Crippen LogP contribution in [0.4, 0.5) is 4.39 Å². The quantitative estimate of drug-likeness (QED) is 0.308. The minimum atomic E-state index is -0.338. The Hall–Kier alpha value is -0.850. The second-order valence-electron chi connectivity index (χ2n) is 12.2. The fraction of sp³-hybridized carbons (Fsp3) is 0.812. The van der Waals surface area contributed by atoms with Crippen LogP contribution in [-0.4, -0.2) is 0 Å². The summed E-state index contributed by atoms with van der Waals surface area (Å²) in [5.41, 5.74) is 2.26. The van der Waals surface area contributed by atoms with Gasteiger partial charge >= 0.3 is 0 Å². The molecule has 0 saturated heterocycles. The van der Waals surface area contributed by atoms with Gasteiger partial charge in [0.05, 0.1) is 0 Å². The molecule has 0 heterocycles. The first-order chi connectivity index (χ1) is 16.2. The molecule has 1 heteroatoms. The zero-order valence-corrected chi connectivity index (χ0v) is 21.6. The Labute approximate surface area is 204 Å². The summed E-state index contributed by atoms with van der Waals surface area (Å²) in [5.74, 6) is 5.91. The summed E-state index contributed by atoms with van der Waals surface area (Å²) in [6.45, 7) is 1.99. The van der Waals surface area contributed by atoms with Gasteiger partial charge in [-0.15, -0.1) is 0 Å². The van der Waals surface area contributed by atoms with E-state index in [0.29, 0.717) is 5.92 Å². The molecule has 33 heavy (non-hydrogen) atoms. The Morgan fingerprint density at radius 2 is 1.09 bits per heavy atom. The third-order valence-corrected chi connectivity index (χ3v) is 10.1. The van der Waals surface area contributed by atoms with Crippen LogP contribution in [0.25, 0.3) is 0 Å². The Kier molecular flexibility index (Phi) is 10.2. The van der Waals surface area contributed by atoms with E-state index in [1.807, 2.05) is 12.1 Å². The van der Waals surface area contributed by atoms with E-state index < -0.39 is 0 Å². The van der Waals surface area contributed by atoms with Crippen molar-refractivity contribution >= 4 is 0 Å². The molecule has 0 aliphatic heterocycles. The Morgan fingerprint density at radius 3 is 1.58 bits per heavy atom. The van der Waals surface area contributed by atoms with Crippen molar-refractivity contribution in [3.05, 3.63) is 35.4 Å². The second kappa shape index (κ2) is 13.3. The maximum Gasteiger partial charge on any atom is 0.115 e. The van der Waals surface area contributed by atoms with Crippen LogP contribution in [0.2, 0.25) is 0 Å². The Balaban J connectivity index is 1.08. The molecule has 0 atom stereocenters. The lowest BCUT2D eigenvalue weighted by molar-refractivity contribution is 0.136. The van der Waals surface area contributed by atoms with E-state index in [2.05, 4.69) is 19.1 Å². The highest BCUT2D eigenvalue weighted by molar-refractivity contribution is 5.25. The van der Waals surface area contributed by atoms with Crippen molar-refractivity contribution in [3.63, 3.8) is 0 Å². The highest BCUT2D eigenvalue weighted by atomic mass is 19.1. The maximum absolute atomic E-state index is 12.8. The smallest absolute Gasteiger partial charge is 0.115 e. The highest BCUT2D eigenvalue weighted by Gasteiger charge is 2.31. The number of unbranched alkanes of at least 4 members (excludes halogenated alkanes) is 2. The van der Waals surface area contributed by atoms with E-state index >= 15 is 0 Å². The van der Waals surface area contributed by atoms with Gasteiger partial charge in [-0.25, -0.2) is 4.39 Å². The zero-order valence-electron chi connectivity index (χ0n) is 21.6. The van der Waals surface area contributed by atoms with Gasteiger partial charge < -0.3 is 0 Å². The zero-order chi connectivity index (χ0) is 22.9. The molecule has 3 aliphatic carbocycles.